The minimum absolute atomic E-state index is 0.0591. The molecule has 5 rings (SSSR count). The molecular formula is C28H37NO2S. The van der Waals surface area contributed by atoms with E-state index in [0.29, 0.717) is 0 Å². The van der Waals surface area contributed by atoms with Crippen molar-refractivity contribution >= 4 is 22.6 Å². The maximum Gasteiger partial charge on any atom is 0.367 e. The fraction of sp³-hybridized carbons (Fsp3) is 0.643. The van der Waals surface area contributed by atoms with E-state index in [-0.39, 0.29) is 27.5 Å². The van der Waals surface area contributed by atoms with Crippen LogP contribution in [0.3, 0.4) is 0 Å². The molecule has 0 saturated heterocycles. The van der Waals surface area contributed by atoms with E-state index >= 15 is 0 Å². The summed E-state index contributed by atoms with van der Waals surface area (Å²) in [6.07, 6.45) is 17.1. The lowest BCUT2D eigenvalue weighted by atomic mass is 9.47. The van der Waals surface area contributed by atoms with Gasteiger partial charge in [-0.05, 0) is 96.1 Å². The van der Waals surface area contributed by atoms with Crippen LogP contribution in [0.4, 0.5) is 4.79 Å². The Morgan fingerprint density at radius 3 is 2.69 bits per heavy atom. The Hall–Kier alpha value is -1.55. The van der Waals surface area contributed by atoms with Crippen LogP contribution in [0, 0.1) is 28.6 Å². The van der Waals surface area contributed by atoms with Crippen LogP contribution in [0.2, 0.25) is 0 Å². The fourth-order valence-corrected chi connectivity index (χ4v) is 8.20. The number of hydrogen-bond acceptors (Lipinski definition) is 4. The first-order chi connectivity index (χ1) is 15.3. The number of aromatic nitrogens is 1. The zero-order valence-electron chi connectivity index (χ0n) is 20.0. The van der Waals surface area contributed by atoms with Gasteiger partial charge in [-0.15, -0.1) is 0 Å². The standard InChI is InChI=1S/C28H37NO2S/c1-18(2)32-26(30)31-21-11-13-27(3)20(16-21)7-8-22-24-10-9-23(19-6-5-15-29-17-19)28(24,4)14-12-25(22)27/h5-7,9,15,17-18,21-22,24-25H,8,10-14,16H2,1-4H3/t21-,22-,24-,25-,27-,28+/m0/s1. The third-order valence-electron chi connectivity index (χ3n) is 9.21. The lowest BCUT2D eigenvalue weighted by Crippen LogP contribution is -2.50. The quantitative estimate of drug-likeness (QED) is 0.349. The van der Waals surface area contributed by atoms with Gasteiger partial charge in [0, 0.05) is 24.1 Å². The molecule has 1 aromatic rings. The molecule has 0 N–H and O–H groups in total. The highest BCUT2D eigenvalue weighted by molar-refractivity contribution is 8.13. The van der Waals surface area contributed by atoms with Crippen LogP contribution in [-0.2, 0) is 4.74 Å². The number of ether oxygens (including phenoxy) is 1. The average molecular weight is 452 g/mol. The smallest absolute Gasteiger partial charge is 0.367 e. The van der Waals surface area contributed by atoms with E-state index in [4.69, 9.17) is 4.74 Å². The van der Waals surface area contributed by atoms with Crippen molar-refractivity contribution in [3.8, 4) is 0 Å². The molecule has 0 spiro atoms. The second-order valence-electron chi connectivity index (χ2n) is 11.2. The first-order valence-corrected chi connectivity index (χ1v) is 13.4. The summed E-state index contributed by atoms with van der Waals surface area (Å²) in [5.41, 5.74) is 4.96. The van der Waals surface area contributed by atoms with E-state index in [0.717, 1.165) is 37.0 Å². The third-order valence-corrected chi connectivity index (χ3v) is 9.97. The van der Waals surface area contributed by atoms with Crippen molar-refractivity contribution in [2.24, 2.45) is 28.6 Å². The summed E-state index contributed by atoms with van der Waals surface area (Å²) in [5.74, 6) is 2.23. The van der Waals surface area contributed by atoms with E-state index in [1.54, 1.807) is 5.57 Å². The molecule has 4 aliphatic carbocycles. The van der Waals surface area contributed by atoms with Gasteiger partial charge in [-0.3, -0.25) is 4.98 Å². The predicted molar refractivity (Wildman–Crippen MR) is 132 cm³/mol. The molecule has 0 aliphatic heterocycles. The van der Waals surface area contributed by atoms with Crippen LogP contribution in [0.1, 0.15) is 78.2 Å². The molecule has 0 bridgehead atoms. The molecule has 2 saturated carbocycles. The molecule has 1 aromatic heterocycles. The Bertz CT molecular complexity index is 938. The molecule has 6 atom stereocenters. The molecule has 0 amide bonds. The Morgan fingerprint density at radius 1 is 1.12 bits per heavy atom. The maximum absolute atomic E-state index is 12.2. The number of nitrogens with zero attached hydrogens (tertiary/aromatic N) is 1. The second kappa shape index (κ2) is 8.34. The summed E-state index contributed by atoms with van der Waals surface area (Å²) >= 11 is 1.31. The lowest BCUT2D eigenvalue weighted by molar-refractivity contribution is -0.0243. The van der Waals surface area contributed by atoms with E-state index in [9.17, 15) is 4.79 Å². The third kappa shape index (κ3) is 3.67. The van der Waals surface area contributed by atoms with Crippen molar-refractivity contribution in [3.63, 3.8) is 0 Å². The molecule has 0 aromatic carbocycles. The van der Waals surface area contributed by atoms with Gasteiger partial charge in [-0.2, -0.15) is 0 Å². The van der Waals surface area contributed by atoms with Crippen LogP contribution in [0.25, 0.3) is 5.57 Å². The largest absolute Gasteiger partial charge is 0.454 e. The van der Waals surface area contributed by atoms with Crippen LogP contribution in [-0.4, -0.2) is 21.6 Å². The zero-order chi connectivity index (χ0) is 22.5. The van der Waals surface area contributed by atoms with Crippen LogP contribution >= 0.6 is 11.8 Å². The summed E-state index contributed by atoms with van der Waals surface area (Å²) in [4.78, 5) is 16.6. The number of allylic oxidation sites excluding steroid dienone is 3. The number of carbonyl (C=O) groups is 1. The minimum atomic E-state index is -0.101. The molecular weight excluding hydrogens is 414 g/mol. The molecule has 0 unspecified atom stereocenters. The van der Waals surface area contributed by atoms with E-state index in [2.05, 4.69) is 43.1 Å². The summed E-state index contributed by atoms with van der Waals surface area (Å²) in [6.45, 7) is 9.12. The van der Waals surface area contributed by atoms with Gasteiger partial charge in [0.05, 0.1) is 0 Å². The fourth-order valence-electron chi connectivity index (χ4n) is 7.62. The molecule has 4 heteroatoms. The van der Waals surface area contributed by atoms with Gasteiger partial charge >= 0.3 is 5.30 Å². The zero-order valence-corrected chi connectivity index (χ0v) is 20.8. The van der Waals surface area contributed by atoms with Crippen molar-refractivity contribution in [1.82, 2.24) is 4.98 Å². The molecule has 0 radical (unpaired) electrons. The van der Waals surface area contributed by atoms with Crippen LogP contribution in [0.5, 0.6) is 0 Å². The summed E-state index contributed by atoms with van der Waals surface area (Å²) in [6, 6.07) is 4.30. The highest BCUT2D eigenvalue weighted by Crippen LogP contribution is 2.66. The number of carbonyl (C=O) groups excluding carboxylic acids is 1. The molecule has 3 nitrogen and oxygen atoms in total. The molecule has 1 heterocycles. The van der Waals surface area contributed by atoms with Crippen LogP contribution in [0.15, 0.2) is 42.3 Å². The Kier molecular flexibility index (Phi) is 5.80. The number of pyridine rings is 1. The Labute approximate surface area is 197 Å². The number of thioether (sulfide) groups is 1. The lowest BCUT2D eigenvalue weighted by Gasteiger charge is -2.57. The average Bonchev–Trinajstić information content (AvgIpc) is 3.11. The van der Waals surface area contributed by atoms with Gasteiger partial charge in [-0.1, -0.05) is 51.5 Å². The summed E-state index contributed by atoms with van der Waals surface area (Å²) in [7, 11) is 0. The second-order valence-corrected chi connectivity index (χ2v) is 12.7. The molecule has 4 aliphatic rings. The van der Waals surface area contributed by atoms with Crippen LogP contribution < -0.4 is 0 Å². The van der Waals surface area contributed by atoms with Gasteiger partial charge < -0.3 is 4.74 Å². The summed E-state index contributed by atoms with van der Waals surface area (Å²) in [5, 5.41) is 0.176. The van der Waals surface area contributed by atoms with Gasteiger partial charge in [-0.25, -0.2) is 4.79 Å². The van der Waals surface area contributed by atoms with E-state index in [1.807, 2.05) is 26.2 Å². The van der Waals surface area contributed by atoms with Crippen molar-refractivity contribution in [3.05, 3.63) is 47.8 Å². The predicted octanol–water partition coefficient (Wildman–Crippen LogP) is 7.68. The SMILES string of the molecule is CC(C)SC(=O)O[C@H]1CC[C@@]2(C)C(=CC[C@@H]3[C@@H]2CC[C@]2(C)C(c4cccnc4)=CC[C@@H]32)C1. The van der Waals surface area contributed by atoms with Gasteiger partial charge in [0.2, 0.25) is 0 Å². The highest BCUT2D eigenvalue weighted by Gasteiger charge is 2.57. The van der Waals surface area contributed by atoms with Crippen molar-refractivity contribution in [2.45, 2.75) is 84.0 Å². The number of rotatable bonds is 3. The highest BCUT2D eigenvalue weighted by atomic mass is 32.2. The van der Waals surface area contributed by atoms with E-state index < -0.39 is 0 Å². The maximum atomic E-state index is 12.2. The molecule has 172 valence electrons. The summed E-state index contributed by atoms with van der Waals surface area (Å²) < 4.78 is 5.85. The van der Waals surface area contributed by atoms with E-state index in [1.165, 1.54) is 48.6 Å². The first-order valence-electron chi connectivity index (χ1n) is 12.5. The van der Waals surface area contributed by atoms with Crippen molar-refractivity contribution in [1.29, 1.82) is 0 Å². The number of hydrogen-bond donors (Lipinski definition) is 0. The first kappa shape index (κ1) is 22.3. The monoisotopic (exact) mass is 451 g/mol. The van der Waals surface area contributed by atoms with Gasteiger partial charge in [0.25, 0.3) is 0 Å². The minimum Gasteiger partial charge on any atom is -0.454 e. The Balaban J connectivity index is 1.33. The number of fused-ring (bicyclic) bond motifs is 5. The van der Waals surface area contributed by atoms with Crippen molar-refractivity contribution < 1.29 is 9.53 Å². The Morgan fingerprint density at radius 2 is 1.94 bits per heavy atom. The topological polar surface area (TPSA) is 39.2 Å². The molecule has 2 fully saturated rings. The normalized spacial score (nSPS) is 38.3. The van der Waals surface area contributed by atoms with Gasteiger partial charge in [0.1, 0.15) is 6.10 Å². The van der Waals surface area contributed by atoms with Gasteiger partial charge in [0.15, 0.2) is 0 Å². The van der Waals surface area contributed by atoms with Crippen molar-refractivity contribution in [2.75, 3.05) is 0 Å². The molecule has 32 heavy (non-hydrogen) atoms.